The molecule has 0 unspecified atom stereocenters. The molecule has 0 bridgehead atoms. The molecular weight excluding hydrogens is 344 g/mol. The first-order chi connectivity index (χ1) is 13.5. The minimum Gasteiger partial charge on any atom is -0.465 e. The number of anilines is 1. The molecule has 0 radical (unpaired) electrons. The first kappa shape index (κ1) is 17.4. The Kier molecular flexibility index (Phi) is 5.85. The summed E-state index contributed by atoms with van der Waals surface area (Å²) in [4.78, 5) is 23.5. The van der Waals surface area contributed by atoms with E-state index in [1.54, 1.807) is 57.2 Å². The molecule has 0 aliphatic rings. The number of hydrogen-bond donors (Lipinski definition) is 2. The first-order valence-corrected chi connectivity index (χ1v) is 8.53. The van der Waals surface area contributed by atoms with Crippen molar-refractivity contribution in [1.82, 2.24) is 5.32 Å². The monoisotopic (exact) mass is 372 g/mol. The van der Waals surface area contributed by atoms with Gasteiger partial charge in [-0.1, -0.05) is 24.3 Å². The molecule has 0 saturated heterocycles. The van der Waals surface area contributed by atoms with Crippen molar-refractivity contribution in [3.05, 3.63) is 54.1 Å². The number of nitrogens with one attached hydrogen (secondary N) is 2. The molecule has 2 N–H and O–H groups in total. The van der Waals surface area contributed by atoms with Crippen LogP contribution < -0.4 is 10.6 Å². The largest absolute Gasteiger partial charge is 0.465 e. The molecule has 0 heterocycles. The zero-order chi connectivity index (χ0) is 21.7. The van der Waals surface area contributed by atoms with Gasteiger partial charge in [-0.3, -0.25) is 0 Å². The topological polar surface area (TPSA) is 76.7 Å². The summed E-state index contributed by atoms with van der Waals surface area (Å²) >= 11 is 0. The first-order valence-electron chi connectivity index (χ1n) is 9.53. The molecule has 0 atom stereocenters. The highest BCUT2D eigenvalue weighted by Crippen LogP contribution is 2.23. The van der Waals surface area contributed by atoms with Gasteiger partial charge in [0.1, 0.15) is 5.60 Å². The van der Waals surface area contributed by atoms with Crippen molar-refractivity contribution in [3.8, 4) is 11.1 Å². The Bertz CT molecular complexity index is 879. The summed E-state index contributed by atoms with van der Waals surface area (Å²) in [6.45, 7) is 3.04. The van der Waals surface area contributed by atoms with Crippen LogP contribution in [0.1, 0.15) is 33.9 Å². The van der Waals surface area contributed by atoms with Crippen molar-refractivity contribution in [3.63, 3.8) is 0 Å². The molecule has 0 aromatic heterocycles. The Labute approximate surface area is 162 Å². The van der Waals surface area contributed by atoms with Crippen LogP contribution in [0.25, 0.3) is 11.1 Å². The van der Waals surface area contributed by atoms with E-state index in [-0.39, 0.29) is 6.54 Å². The number of methoxy groups -OCH3 is 1. The van der Waals surface area contributed by atoms with Gasteiger partial charge in [-0.2, -0.15) is 0 Å². The standard InChI is InChI=1S/C21H26N2O4/c1-21(2,3)27-20(25)23-12-11-22-18-10-6-8-16(14-18)15-7-5-9-17(13-15)19(24)26-4/h5-10,13-14,22H,11-12H2,1-4H3,(H,23,25)/i11D2. The molecular formula is C21H26N2O4. The third-order valence-corrected chi connectivity index (χ3v) is 3.43. The quantitative estimate of drug-likeness (QED) is 0.747. The van der Waals surface area contributed by atoms with Crippen molar-refractivity contribution in [2.45, 2.75) is 26.4 Å². The third kappa shape index (κ3) is 6.66. The van der Waals surface area contributed by atoms with Crippen molar-refractivity contribution in [1.29, 1.82) is 0 Å². The van der Waals surface area contributed by atoms with Crippen LogP contribution in [-0.4, -0.2) is 37.8 Å². The lowest BCUT2D eigenvalue weighted by Crippen LogP contribution is -2.34. The Morgan fingerprint density at radius 1 is 1.07 bits per heavy atom. The molecule has 2 aromatic rings. The zero-order valence-corrected chi connectivity index (χ0v) is 16.0. The van der Waals surface area contributed by atoms with Gasteiger partial charge in [0.05, 0.1) is 15.4 Å². The van der Waals surface area contributed by atoms with Crippen LogP contribution in [0.5, 0.6) is 0 Å². The number of esters is 1. The van der Waals surface area contributed by atoms with Gasteiger partial charge >= 0.3 is 12.1 Å². The molecule has 0 saturated carbocycles. The van der Waals surface area contributed by atoms with Crippen LogP contribution in [-0.2, 0) is 9.47 Å². The molecule has 6 nitrogen and oxygen atoms in total. The lowest BCUT2D eigenvalue weighted by molar-refractivity contribution is 0.0528. The fraction of sp³-hybridized carbons (Fsp3) is 0.333. The van der Waals surface area contributed by atoms with Crippen molar-refractivity contribution in [2.75, 3.05) is 25.5 Å². The number of amides is 1. The smallest absolute Gasteiger partial charge is 0.407 e. The molecule has 6 heteroatoms. The van der Waals surface area contributed by atoms with Gasteiger partial charge in [-0.15, -0.1) is 0 Å². The maximum Gasteiger partial charge on any atom is 0.407 e. The van der Waals surface area contributed by atoms with Gasteiger partial charge in [0.15, 0.2) is 0 Å². The summed E-state index contributed by atoms with van der Waals surface area (Å²) in [6.07, 6.45) is -0.684. The van der Waals surface area contributed by atoms with Gasteiger partial charge in [0.25, 0.3) is 0 Å². The predicted molar refractivity (Wildman–Crippen MR) is 106 cm³/mol. The maximum atomic E-state index is 11.7. The van der Waals surface area contributed by atoms with E-state index < -0.39 is 24.2 Å². The lowest BCUT2D eigenvalue weighted by Gasteiger charge is -2.19. The summed E-state index contributed by atoms with van der Waals surface area (Å²) in [5.41, 5.74) is 1.90. The van der Waals surface area contributed by atoms with Crippen molar-refractivity contribution >= 4 is 17.7 Å². The van der Waals surface area contributed by atoms with E-state index in [0.29, 0.717) is 11.3 Å². The lowest BCUT2D eigenvalue weighted by atomic mass is 10.0. The van der Waals surface area contributed by atoms with Crippen LogP contribution in [0.15, 0.2) is 48.5 Å². The average Bonchev–Trinajstić information content (AvgIpc) is 2.64. The summed E-state index contributed by atoms with van der Waals surface area (Å²) in [5.74, 6) is -0.425. The molecule has 0 aliphatic heterocycles. The van der Waals surface area contributed by atoms with Crippen LogP contribution in [0.2, 0.25) is 0 Å². The number of alkyl carbamates (subject to hydrolysis) is 1. The minimum atomic E-state index is -1.90. The zero-order valence-electron chi connectivity index (χ0n) is 18.0. The fourth-order valence-electron chi connectivity index (χ4n) is 2.30. The summed E-state index contributed by atoms with van der Waals surface area (Å²) in [7, 11) is 1.33. The second-order valence-electron chi connectivity index (χ2n) is 6.81. The number of carbonyl (C=O) groups is 2. The second kappa shape index (κ2) is 9.07. The predicted octanol–water partition coefficient (Wildman–Crippen LogP) is 4.08. The van der Waals surface area contributed by atoms with Gasteiger partial charge in [-0.25, -0.2) is 9.59 Å². The summed E-state index contributed by atoms with van der Waals surface area (Å²) in [5, 5.41) is 5.19. The highest BCUT2D eigenvalue weighted by Gasteiger charge is 2.15. The number of benzene rings is 2. The van der Waals surface area contributed by atoms with E-state index in [9.17, 15) is 9.59 Å². The van der Waals surface area contributed by atoms with Gasteiger partial charge < -0.3 is 20.1 Å². The Morgan fingerprint density at radius 3 is 2.41 bits per heavy atom. The van der Waals surface area contributed by atoms with Gasteiger partial charge in [0, 0.05) is 18.7 Å². The summed E-state index contributed by atoms with van der Waals surface area (Å²) < 4.78 is 26.1. The van der Waals surface area contributed by atoms with E-state index in [4.69, 9.17) is 12.2 Å². The molecule has 27 heavy (non-hydrogen) atoms. The van der Waals surface area contributed by atoms with E-state index in [1.165, 1.54) is 7.11 Å². The molecule has 0 fully saturated rings. The maximum absolute atomic E-state index is 11.7. The highest BCUT2D eigenvalue weighted by atomic mass is 16.6. The SMILES string of the molecule is [2H]C([2H])(CNC(=O)OC(C)(C)C)Nc1cccc(-c2cccc(C(=O)OC)c2)c1. The number of hydrogen-bond acceptors (Lipinski definition) is 5. The second-order valence-corrected chi connectivity index (χ2v) is 6.81. The third-order valence-electron chi connectivity index (χ3n) is 3.43. The van der Waals surface area contributed by atoms with Gasteiger partial charge in [0.2, 0.25) is 0 Å². The number of carbonyl (C=O) groups excluding carboxylic acids is 2. The highest BCUT2D eigenvalue weighted by molar-refractivity contribution is 5.91. The molecule has 1 amide bonds. The summed E-state index contributed by atoms with van der Waals surface area (Å²) in [6, 6.07) is 14.1. The van der Waals surface area contributed by atoms with Crippen LogP contribution >= 0.6 is 0 Å². The van der Waals surface area contributed by atoms with E-state index in [2.05, 4.69) is 10.6 Å². The Hall–Kier alpha value is -3.02. The van der Waals surface area contributed by atoms with Crippen molar-refractivity contribution < 1.29 is 21.8 Å². The molecule has 0 spiro atoms. The Morgan fingerprint density at radius 2 is 1.74 bits per heavy atom. The Balaban J connectivity index is 2.09. The molecule has 2 rings (SSSR count). The fourth-order valence-corrected chi connectivity index (χ4v) is 2.30. The average molecular weight is 372 g/mol. The van der Waals surface area contributed by atoms with E-state index in [1.807, 2.05) is 12.1 Å². The molecule has 144 valence electrons. The molecule has 2 aromatic carbocycles. The minimum absolute atomic E-state index is 0.274. The number of rotatable bonds is 6. The normalized spacial score (nSPS) is 12.4. The van der Waals surface area contributed by atoms with Crippen LogP contribution in [0.4, 0.5) is 10.5 Å². The number of ether oxygens (including phenoxy) is 2. The van der Waals surface area contributed by atoms with Crippen molar-refractivity contribution in [2.24, 2.45) is 0 Å². The van der Waals surface area contributed by atoms with Gasteiger partial charge in [-0.05, 0) is 56.2 Å². The molecule has 0 aliphatic carbocycles. The van der Waals surface area contributed by atoms with Crippen LogP contribution in [0.3, 0.4) is 0 Å². The van der Waals surface area contributed by atoms with E-state index in [0.717, 1.165) is 11.1 Å². The van der Waals surface area contributed by atoms with E-state index >= 15 is 0 Å². The van der Waals surface area contributed by atoms with Crippen LogP contribution in [0, 0.1) is 0 Å².